The Morgan fingerprint density at radius 2 is 1.76 bits per heavy atom. The maximum absolute atomic E-state index is 16.0. The summed E-state index contributed by atoms with van der Waals surface area (Å²) in [5, 5.41) is 10.7. The van der Waals surface area contributed by atoms with E-state index in [1.807, 2.05) is 45.0 Å². The Kier molecular flexibility index (Phi) is 8.68. The number of nitrogens with zero attached hydrogens (tertiary/aromatic N) is 1. The largest absolute Gasteiger partial charge is 0.494 e. The van der Waals surface area contributed by atoms with Crippen LogP contribution in [0.5, 0.6) is 17.2 Å². The molecule has 0 radical (unpaired) electrons. The first-order valence-electron chi connectivity index (χ1n) is 14.5. The van der Waals surface area contributed by atoms with Gasteiger partial charge in [0.15, 0.2) is 11.5 Å². The van der Waals surface area contributed by atoms with Crippen molar-refractivity contribution >= 4 is 11.9 Å². The number of fused-ring (bicyclic) bond motifs is 1. The Morgan fingerprint density at radius 3 is 2.38 bits per heavy atom. The molecule has 8 nitrogen and oxygen atoms in total. The lowest BCUT2D eigenvalue weighted by molar-refractivity contribution is -0.143. The van der Waals surface area contributed by atoms with Gasteiger partial charge in [-0.25, -0.2) is 4.39 Å². The van der Waals surface area contributed by atoms with E-state index in [1.165, 1.54) is 6.07 Å². The molecule has 2 aliphatic heterocycles. The lowest BCUT2D eigenvalue weighted by atomic mass is 9.82. The highest BCUT2D eigenvalue weighted by Crippen LogP contribution is 2.52. The molecular weight excluding hydrogens is 539 g/mol. The van der Waals surface area contributed by atoms with Crippen LogP contribution in [-0.4, -0.2) is 41.8 Å². The number of hydrogen-bond donors (Lipinski definition) is 2. The predicted octanol–water partition coefficient (Wildman–Crippen LogP) is 5.54. The zero-order valence-electron chi connectivity index (χ0n) is 24.1. The average Bonchev–Trinajstić information content (AvgIpc) is 3.61. The summed E-state index contributed by atoms with van der Waals surface area (Å²) in [5.41, 5.74) is 9.68. The molecule has 3 aromatic carbocycles. The molecule has 5 rings (SSSR count). The fourth-order valence-electron chi connectivity index (χ4n) is 6.45. The number of primary amides is 1. The molecule has 1 amide bonds. The maximum Gasteiger partial charge on any atom is 0.309 e. The number of benzene rings is 3. The number of hydrogen-bond acceptors (Lipinski definition) is 6. The topological polar surface area (TPSA) is 111 Å². The summed E-state index contributed by atoms with van der Waals surface area (Å²) in [6.07, 6.45) is 2.06. The zero-order chi connectivity index (χ0) is 30.0. The number of halogens is 1. The summed E-state index contributed by atoms with van der Waals surface area (Å²) < 4.78 is 32.6. The molecule has 0 bridgehead atoms. The number of carbonyl (C=O) groups excluding carboxylic acids is 1. The number of carboxylic acids is 1. The Labute approximate surface area is 245 Å². The van der Waals surface area contributed by atoms with Crippen molar-refractivity contribution in [1.82, 2.24) is 4.90 Å². The Bertz CT molecular complexity index is 1450. The van der Waals surface area contributed by atoms with Gasteiger partial charge in [0.25, 0.3) is 0 Å². The van der Waals surface area contributed by atoms with Gasteiger partial charge in [0.05, 0.1) is 18.6 Å². The van der Waals surface area contributed by atoms with Crippen molar-refractivity contribution in [3.05, 3.63) is 88.2 Å². The lowest BCUT2D eigenvalue weighted by Gasteiger charge is -2.35. The van der Waals surface area contributed by atoms with Crippen molar-refractivity contribution in [2.45, 2.75) is 58.0 Å². The van der Waals surface area contributed by atoms with Crippen molar-refractivity contribution in [2.75, 3.05) is 19.9 Å². The molecule has 0 spiro atoms. The highest BCUT2D eigenvalue weighted by molar-refractivity contribution is 5.83. The molecule has 2 heterocycles. The number of rotatable bonds is 11. The number of carbonyl (C=O) groups is 2. The smallest absolute Gasteiger partial charge is 0.309 e. The number of ether oxygens (including phenoxy) is 3. The number of carboxylic acid groups (broad SMARTS) is 1. The predicted molar refractivity (Wildman–Crippen MR) is 155 cm³/mol. The highest BCUT2D eigenvalue weighted by atomic mass is 19.1. The second-order valence-corrected chi connectivity index (χ2v) is 10.8. The molecule has 0 aliphatic carbocycles. The molecule has 222 valence electrons. The van der Waals surface area contributed by atoms with E-state index in [-0.39, 0.29) is 18.9 Å². The number of likely N-dealkylation sites (tertiary alicyclic amines) is 1. The fourth-order valence-corrected chi connectivity index (χ4v) is 6.45. The average molecular weight is 577 g/mol. The molecule has 1 fully saturated rings. The van der Waals surface area contributed by atoms with Crippen LogP contribution >= 0.6 is 0 Å². The third kappa shape index (κ3) is 5.41. The van der Waals surface area contributed by atoms with Crippen molar-refractivity contribution in [1.29, 1.82) is 0 Å². The molecular formula is C33H37FN2O6. The van der Waals surface area contributed by atoms with Crippen LogP contribution in [0, 0.1) is 11.7 Å². The van der Waals surface area contributed by atoms with Gasteiger partial charge in [-0.1, -0.05) is 51.1 Å². The molecule has 0 saturated carbocycles. The Hall–Kier alpha value is -4.11. The van der Waals surface area contributed by atoms with Crippen LogP contribution in [0.3, 0.4) is 0 Å². The van der Waals surface area contributed by atoms with Gasteiger partial charge in [-0.05, 0) is 59.7 Å². The molecule has 4 unspecified atom stereocenters. The normalized spacial score (nSPS) is 20.4. The van der Waals surface area contributed by atoms with Gasteiger partial charge in [-0.15, -0.1) is 0 Å². The van der Waals surface area contributed by atoms with Crippen LogP contribution in [0.1, 0.15) is 73.0 Å². The molecule has 3 N–H and O–H groups in total. The first-order chi connectivity index (χ1) is 20.3. The van der Waals surface area contributed by atoms with E-state index < -0.39 is 41.6 Å². The van der Waals surface area contributed by atoms with Crippen LogP contribution in [0.4, 0.5) is 4.39 Å². The maximum atomic E-state index is 16.0. The third-order valence-corrected chi connectivity index (χ3v) is 8.33. The first-order valence-corrected chi connectivity index (χ1v) is 14.5. The molecule has 9 heteroatoms. The summed E-state index contributed by atoms with van der Waals surface area (Å²) in [5.74, 6) is -2.55. The quantitative estimate of drug-likeness (QED) is 0.309. The first kappa shape index (κ1) is 29.4. The molecule has 0 aromatic heterocycles. The van der Waals surface area contributed by atoms with E-state index in [2.05, 4.69) is 0 Å². The van der Waals surface area contributed by atoms with Crippen LogP contribution in [0.15, 0.2) is 54.6 Å². The van der Waals surface area contributed by atoms with Gasteiger partial charge in [0.1, 0.15) is 17.6 Å². The van der Waals surface area contributed by atoms with Gasteiger partial charge in [0.2, 0.25) is 12.7 Å². The van der Waals surface area contributed by atoms with Gasteiger partial charge in [-0.3, -0.25) is 14.5 Å². The van der Waals surface area contributed by atoms with Gasteiger partial charge >= 0.3 is 5.97 Å². The van der Waals surface area contributed by atoms with E-state index in [9.17, 15) is 14.7 Å². The molecule has 2 aliphatic rings. The molecule has 1 saturated heterocycles. The summed E-state index contributed by atoms with van der Waals surface area (Å²) in [7, 11) is 0. The van der Waals surface area contributed by atoms with Gasteiger partial charge < -0.3 is 25.1 Å². The SMILES string of the molecule is CCCOc1ccc(C2C(C(=O)O)C(c3ccc4c(c3)OCO4)CN2C(C(N)=O)c2c(CC)cccc2CC)c(F)c1. The standard InChI is InChI=1S/C33H37FN2O6/c1-4-14-40-22-11-12-23(25(34)16-22)30-29(33(38)39)24(21-10-13-26-27(15-21)42-18-41-26)17-36(30)31(32(35)37)28-19(5-2)8-7-9-20(28)6-3/h7-13,15-16,24,29-31H,4-6,14,17-18H2,1-3H3,(H2,35,37)(H,38,39). The zero-order valence-corrected chi connectivity index (χ0v) is 24.1. The van der Waals surface area contributed by atoms with Crippen LogP contribution in [0.25, 0.3) is 0 Å². The second-order valence-electron chi connectivity index (χ2n) is 10.8. The minimum atomic E-state index is -1.10. The molecule has 42 heavy (non-hydrogen) atoms. The van der Waals surface area contributed by atoms with Crippen LogP contribution in [0.2, 0.25) is 0 Å². The third-order valence-electron chi connectivity index (χ3n) is 8.33. The minimum Gasteiger partial charge on any atom is -0.494 e. The second kappa shape index (κ2) is 12.4. The van der Waals surface area contributed by atoms with E-state index in [0.29, 0.717) is 42.3 Å². The number of amides is 1. The van der Waals surface area contributed by atoms with Crippen molar-refractivity contribution in [2.24, 2.45) is 11.7 Å². The van der Waals surface area contributed by atoms with Crippen molar-refractivity contribution in [3.8, 4) is 17.2 Å². The van der Waals surface area contributed by atoms with Crippen LogP contribution in [-0.2, 0) is 22.4 Å². The van der Waals surface area contributed by atoms with Crippen molar-refractivity contribution in [3.63, 3.8) is 0 Å². The van der Waals surface area contributed by atoms with E-state index in [0.717, 1.165) is 23.1 Å². The van der Waals surface area contributed by atoms with Crippen molar-refractivity contribution < 1.29 is 33.3 Å². The van der Waals surface area contributed by atoms with E-state index in [4.69, 9.17) is 19.9 Å². The van der Waals surface area contributed by atoms with Gasteiger partial charge in [-0.2, -0.15) is 0 Å². The number of aryl methyl sites for hydroxylation is 2. The molecule has 3 aromatic rings. The fraction of sp³-hybridized carbons (Fsp3) is 0.394. The van der Waals surface area contributed by atoms with E-state index >= 15 is 4.39 Å². The van der Waals surface area contributed by atoms with Gasteiger partial charge in [0, 0.05) is 24.1 Å². The summed E-state index contributed by atoms with van der Waals surface area (Å²) in [6, 6.07) is 13.7. The van der Waals surface area contributed by atoms with E-state index in [1.54, 1.807) is 29.2 Å². The summed E-state index contributed by atoms with van der Waals surface area (Å²) in [4.78, 5) is 28.3. The Morgan fingerprint density at radius 1 is 1.05 bits per heavy atom. The summed E-state index contributed by atoms with van der Waals surface area (Å²) >= 11 is 0. The minimum absolute atomic E-state index is 0.0789. The Balaban J connectivity index is 1.70. The molecule has 4 atom stereocenters. The van der Waals surface area contributed by atoms with Crippen LogP contribution < -0.4 is 19.9 Å². The lowest BCUT2D eigenvalue weighted by Crippen LogP contribution is -2.40. The number of nitrogens with two attached hydrogens (primary N) is 1. The summed E-state index contributed by atoms with van der Waals surface area (Å²) in [6.45, 7) is 6.62. The highest BCUT2D eigenvalue weighted by Gasteiger charge is 2.52. The number of aliphatic carboxylic acids is 1. The monoisotopic (exact) mass is 576 g/mol.